The molecule has 1 atom stereocenters. The van der Waals surface area contributed by atoms with E-state index in [9.17, 15) is 4.79 Å². The first-order valence-electron chi connectivity index (χ1n) is 11.9. The lowest BCUT2D eigenvalue weighted by Crippen LogP contribution is -2.49. The predicted molar refractivity (Wildman–Crippen MR) is 140 cm³/mol. The van der Waals surface area contributed by atoms with E-state index in [4.69, 9.17) is 4.98 Å². The van der Waals surface area contributed by atoms with Gasteiger partial charge in [0.2, 0.25) is 5.95 Å². The second-order valence-electron chi connectivity index (χ2n) is 9.25. The molecule has 3 heterocycles. The first kappa shape index (κ1) is 22.9. The standard InChI is InChI=1S/C27H31N7O/c1-19-17-33(15-13-28-19)23-10-8-22(9-11-23)30-27-29-16-20-12-14-34(25(20)31-27)18-21-6-4-5-7-24(21)26(35)32(2)3/h4-12,14,16,19,28H,13,15,17-18H2,1-3H3,(H,29,30,31). The van der Waals surface area contributed by atoms with Gasteiger partial charge in [-0.2, -0.15) is 4.98 Å². The number of aromatic nitrogens is 3. The summed E-state index contributed by atoms with van der Waals surface area (Å²) in [5.74, 6) is 0.534. The summed E-state index contributed by atoms with van der Waals surface area (Å²) < 4.78 is 2.05. The lowest BCUT2D eigenvalue weighted by atomic mass is 10.1. The largest absolute Gasteiger partial charge is 0.369 e. The van der Waals surface area contributed by atoms with E-state index in [1.807, 2.05) is 42.7 Å². The molecule has 2 aromatic carbocycles. The van der Waals surface area contributed by atoms with E-state index in [1.165, 1.54) is 5.69 Å². The van der Waals surface area contributed by atoms with Crippen LogP contribution >= 0.6 is 0 Å². The Morgan fingerprint density at radius 3 is 2.71 bits per heavy atom. The first-order valence-corrected chi connectivity index (χ1v) is 11.9. The summed E-state index contributed by atoms with van der Waals surface area (Å²) in [6.45, 7) is 5.78. The Morgan fingerprint density at radius 2 is 1.94 bits per heavy atom. The van der Waals surface area contributed by atoms with Gasteiger partial charge in [-0.1, -0.05) is 18.2 Å². The average Bonchev–Trinajstić information content (AvgIpc) is 3.26. The van der Waals surface area contributed by atoms with Crippen molar-refractivity contribution < 1.29 is 4.79 Å². The van der Waals surface area contributed by atoms with Crippen LogP contribution in [-0.4, -0.2) is 65.1 Å². The molecule has 2 N–H and O–H groups in total. The van der Waals surface area contributed by atoms with Gasteiger partial charge in [0.1, 0.15) is 5.65 Å². The number of amides is 1. The van der Waals surface area contributed by atoms with Crippen LogP contribution in [0.25, 0.3) is 11.0 Å². The number of carbonyl (C=O) groups excluding carboxylic acids is 1. The fourth-order valence-electron chi connectivity index (χ4n) is 4.50. The molecule has 0 bridgehead atoms. The summed E-state index contributed by atoms with van der Waals surface area (Å²) in [6, 6.07) is 18.6. The summed E-state index contributed by atoms with van der Waals surface area (Å²) in [5, 5.41) is 7.77. The number of nitrogens with zero attached hydrogens (tertiary/aromatic N) is 5. The minimum atomic E-state index is -0.00670. The molecule has 180 valence electrons. The van der Waals surface area contributed by atoms with Crippen molar-refractivity contribution >= 4 is 34.3 Å². The van der Waals surface area contributed by atoms with Crippen LogP contribution in [0.4, 0.5) is 17.3 Å². The highest BCUT2D eigenvalue weighted by atomic mass is 16.2. The summed E-state index contributed by atoms with van der Waals surface area (Å²) in [4.78, 5) is 25.9. The zero-order valence-corrected chi connectivity index (χ0v) is 20.4. The highest BCUT2D eigenvalue weighted by Gasteiger charge is 2.16. The second kappa shape index (κ2) is 9.76. The lowest BCUT2D eigenvalue weighted by molar-refractivity contribution is 0.0826. The van der Waals surface area contributed by atoms with Crippen LogP contribution in [0, 0.1) is 0 Å². The molecule has 1 aliphatic heterocycles. The molecule has 1 unspecified atom stereocenters. The van der Waals surface area contributed by atoms with E-state index in [0.717, 1.165) is 41.9 Å². The minimum Gasteiger partial charge on any atom is -0.369 e. The summed E-state index contributed by atoms with van der Waals surface area (Å²) in [7, 11) is 3.54. The van der Waals surface area contributed by atoms with Crippen molar-refractivity contribution in [3.63, 3.8) is 0 Å². The van der Waals surface area contributed by atoms with Gasteiger partial charge in [0.25, 0.3) is 5.91 Å². The number of benzene rings is 2. The Hall–Kier alpha value is -3.91. The van der Waals surface area contributed by atoms with Gasteiger partial charge < -0.3 is 25.0 Å². The van der Waals surface area contributed by atoms with E-state index in [1.54, 1.807) is 19.0 Å². The third-order valence-electron chi connectivity index (χ3n) is 6.35. The van der Waals surface area contributed by atoms with Gasteiger partial charge in [-0.3, -0.25) is 4.79 Å². The van der Waals surface area contributed by atoms with Crippen molar-refractivity contribution in [2.24, 2.45) is 0 Å². The molecular formula is C27H31N7O. The number of fused-ring (bicyclic) bond motifs is 1. The molecule has 8 heteroatoms. The third kappa shape index (κ3) is 4.97. The van der Waals surface area contributed by atoms with Gasteiger partial charge in [-0.15, -0.1) is 0 Å². The van der Waals surface area contributed by atoms with Crippen molar-refractivity contribution in [1.82, 2.24) is 24.8 Å². The Morgan fingerprint density at radius 1 is 1.14 bits per heavy atom. The third-order valence-corrected chi connectivity index (χ3v) is 6.35. The van der Waals surface area contributed by atoms with Crippen molar-refractivity contribution in [2.75, 3.05) is 43.9 Å². The van der Waals surface area contributed by atoms with Crippen molar-refractivity contribution in [3.8, 4) is 0 Å². The fraction of sp³-hybridized carbons (Fsp3) is 0.296. The zero-order valence-electron chi connectivity index (χ0n) is 20.4. The summed E-state index contributed by atoms with van der Waals surface area (Å²) in [6.07, 6.45) is 3.82. The quantitative estimate of drug-likeness (QED) is 0.448. The lowest BCUT2D eigenvalue weighted by Gasteiger charge is -2.33. The van der Waals surface area contributed by atoms with Gasteiger partial charge in [0.15, 0.2) is 0 Å². The Balaban J connectivity index is 1.35. The maximum atomic E-state index is 12.6. The number of hydrogen-bond donors (Lipinski definition) is 2. The molecule has 0 aliphatic carbocycles. The number of piperazine rings is 1. The zero-order chi connectivity index (χ0) is 24.4. The molecule has 4 aromatic rings. The molecule has 0 saturated carbocycles. The van der Waals surface area contributed by atoms with Gasteiger partial charge in [0.05, 0.1) is 0 Å². The molecule has 0 spiro atoms. The van der Waals surface area contributed by atoms with Gasteiger partial charge in [-0.25, -0.2) is 4.98 Å². The van der Waals surface area contributed by atoms with Crippen LogP contribution in [0.3, 0.4) is 0 Å². The molecular weight excluding hydrogens is 438 g/mol. The van der Waals surface area contributed by atoms with Crippen LogP contribution in [0.2, 0.25) is 0 Å². The number of anilines is 3. The maximum absolute atomic E-state index is 12.6. The second-order valence-corrected chi connectivity index (χ2v) is 9.25. The first-order chi connectivity index (χ1) is 17.0. The molecule has 8 nitrogen and oxygen atoms in total. The number of rotatable bonds is 6. The Labute approximate surface area is 205 Å². The van der Waals surface area contributed by atoms with Crippen LogP contribution in [0.1, 0.15) is 22.8 Å². The normalized spacial score (nSPS) is 15.9. The summed E-state index contributed by atoms with van der Waals surface area (Å²) >= 11 is 0. The van der Waals surface area contributed by atoms with E-state index >= 15 is 0 Å². The van der Waals surface area contributed by atoms with Crippen molar-refractivity contribution in [2.45, 2.75) is 19.5 Å². The van der Waals surface area contributed by atoms with Crippen molar-refractivity contribution in [1.29, 1.82) is 0 Å². The van der Waals surface area contributed by atoms with E-state index in [0.29, 0.717) is 24.1 Å². The topological polar surface area (TPSA) is 78.3 Å². The van der Waals surface area contributed by atoms with Crippen molar-refractivity contribution in [3.05, 3.63) is 78.1 Å². The maximum Gasteiger partial charge on any atom is 0.253 e. The average molecular weight is 470 g/mol. The predicted octanol–water partition coefficient (Wildman–Crippen LogP) is 3.72. The molecule has 2 aromatic heterocycles. The SMILES string of the molecule is CC1CN(c2ccc(Nc3ncc4ccn(Cc5ccccc5C(=O)N(C)C)c4n3)cc2)CCN1. The van der Waals surface area contributed by atoms with Crippen LogP contribution in [-0.2, 0) is 6.54 Å². The summed E-state index contributed by atoms with van der Waals surface area (Å²) in [5.41, 5.74) is 4.64. The van der Waals surface area contributed by atoms with E-state index < -0.39 is 0 Å². The molecule has 5 rings (SSSR count). The van der Waals surface area contributed by atoms with Crippen LogP contribution in [0.15, 0.2) is 67.0 Å². The van der Waals surface area contributed by atoms with Gasteiger partial charge in [-0.05, 0) is 48.9 Å². The fourth-order valence-corrected chi connectivity index (χ4v) is 4.50. The van der Waals surface area contributed by atoms with E-state index in [-0.39, 0.29) is 5.91 Å². The molecule has 1 fully saturated rings. The highest BCUT2D eigenvalue weighted by Crippen LogP contribution is 2.23. The smallest absolute Gasteiger partial charge is 0.253 e. The highest BCUT2D eigenvalue weighted by molar-refractivity contribution is 5.95. The van der Waals surface area contributed by atoms with Gasteiger partial charge >= 0.3 is 0 Å². The van der Waals surface area contributed by atoms with E-state index in [2.05, 4.69) is 56.3 Å². The minimum absolute atomic E-state index is 0.00670. The number of carbonyl (C=O) groups is 1. The van der Waals surface area contributed by atoms with Crippen LogP contribution in [0.5, 0.6) is 0 Å². The molecule has 0 radical (unpaired) electrons. The number of nitrogens with one attached hydrogen (secondary N) is 2. The van der Waals surface area contributed by atoms with Gasteiger partial charge in [0, 0.05) is 81.0 Å². The molecule has 1 aliphatic rings. The molecule has 1 amide bonds. The Bertz CT molecular complexity index is 1330. The Kier molecular flexibility index (Phi) is 6.37. The number of hydrogen-bond acceptors (Lipinski definition) is 6. The van der Waals surface area contributed by atoms with Crippen LogP contribution < -0.4 is 15.5 Å². The monoisotopic (exact) mass is 469 g/mol. The molecule has 1 saturated heterocycles. The molecule has 35 heavy (non-hydrogen) atoms.